The van der Waals surface area contributed by atoms with Gasteiger partial charge in [0.15, 0.2) is 5.65 Å². The molecule has 0 aliphatic rings. The van der Waals surface area contributed by atoms with Crippen LogP contribution >= 0.6 is 0 Å². The molecule has 0 saturated heterocycles. The van der Waals surface area contributed by atoms with Crippen molar-refractivity contribution in [3.05, 3.63) is 18.6 Å². The summed E-state index contributed by atoms with van der Waals surface area (Å²) in [6.07, 6.45) is 3.38. The number of pyridine rings is 1. The highest BCUT2D eigenvalue weighted by atomic mass is 15.1. The number of hydrogen-bond acceptors (Lipinski definition) is 3. The number of aryl methyl sites for hydroxylation is 1. The third-order valence-corrected chi connectivity index (χ3v) is 1.63. The minimum atomic E-state index is 0.676. The van der Waals surface area contributed by atoms with E-state index in [9.17, 15) is 0 Å². The van der Waals surface area contributed by atoms with E-state index in [1.807, 2.05) is 25.5 Å². The van der Waals surface area contributed by atoms with Gasteiger partial charge in [-0.3, -0.25) is 0 Å². The molecule has 2 rings (SSSR count). The molecule has 0 saturated carbocycles. The van der Waals surface area contributed by atoms with Crippen LogP contribution in [0.4, 0.5) is 5.69 Å². The third kappa shape index (κ3) is 1.61. The quantitative estimate of drug-likeness (QED) is 0.666. The van der Waals surface area contributed by atoms with Gasteiger partial charge in [0.05, 0.1) is 12.0 Å². The van der Waals surface area contributed by atoms with Crippen LogP contribution in [0.1, 0.15) is 13.8 Å². The molecule has 0 aliphatic carbocycles. The summed E-state index contributed by atoms with van der Waals surface area (Å²) in [5, 5.41) is 0. The first-order valence-corrected chi connectivity index (χ1v) is 4.30. The summed E-state index contributed by atoms with van der Waals surface area (Å²) in [4.78, 5) is 8.22. The molecule has 2 aromatic rings. The van der Waals surface area contributed by atoms with Gasteiger partial charge in [-0.2, -0.15) is 0 Å². The number of nitrogen functional groups attached to an aromatic ring is 1. The molecule has 0 unspecified atom stereocenters. The number of aromatic nitrogens is 3. The molecule has 0 aliphatic heterocycles. The Bertz CT molecular complexity index is 391. The number of nitrogens with zero attached hydrogens (tertiary/aromatic N) is 3. The van der Waals surface area contributed by atoms with Crippen LogP contribution in [0.2, 0.25) is 0 Å². The SMILES string of the molecule is CC.Cn1cnc2c(N)ccnc21. The first-order valence-electron chi connectivity index (χ1n) is 4.30. The van der Waals surface area contributed by atoms with E-state index in [4.69, 9.17) is 5.73 Å². The van der Waals surface area contributed by atoms with E-state index in [1.165, 1.54) is 0 Å². The molecular weight excluding hydrogens is 164 g/mol. The molecular formula is C9H14N4. The topological polar surface area (TPSA) is 56.7 Å². The second-order valence-electron chi connectivity index (χ2n) is 2.43. The van der Waals surface area contributed by atoms with Crippen molar-refractivity contribution in [1.29, 1.82) is 0 Å². The van der Waals surface area contributed by atoms with Gasteiger partial charge in [0.25, 0.3) is 0 Å². The Hall–Kier alpha value is -1.58. The van der Waals surface area contributed by atoms with Crippen molar-refractivity contribution in [2.75, 3.05) is 5.73 Å². The highest BCUT2D eigenvalue weighted by Crippen LogP contribution is 2.14. The highest BCUT2D eigenvalue weighted by Gasteiger charge is 2.01. The van der Waals surface area contributed by atoms with E-state index in [-0.39, 0.29) is 0 Å². The first kappa shape index (κ1) is 9.51. The number of anilines is 1. The van der Waals surface area contributed by atoms with Gasteiger partial charge in [-0.15, -0.1) is 0 Å². The Kier molecular flexibility index (Phi) is 2.84. The van der Waals surface area contributed by atoms with Crippen LogP contribution in [0.5, 0.6) is 0 Å². The van der Waals surface area contributed by atoms with E-state index in [1.54, 1.807) is 18.6 Å². The average Bonchev–Trinajstić information content (AvgIpc) is 2.53. The molecule has 2 heterocycles. The molecule has 0 aromatic carbocycles. The molecule has 4 nitrogen and oxygen atoms in total. The third-order valence-electron chi connectivity index (χ3n) is 1.63. The first-order chi connectivity index (χ1) is 6.29. The molecule has 0 atom stereocenters. The lowest BCUT2D eigenvalue weighted by molar-refractivity contribution is 0.931. The lowest BCUT2D eigenvalue weighted by atomic mass is 10.4. The highest BCUT2D eigenvalue weighted by molar-refractivity contribution is 5.83. The fourth-order valence-corrected chi connectivity index (χ4v) is 1.05. The summed E-state index contributed by atoms with van der Waals surface area (Å²) >= 11 is 0. The van der Waals surface area contributed by atoms with E-state index in [2.05, 4.69) is 9.97 Å². The number of nitrogens with two attached hydrogens (primary N) is 1. The van der Waals surface area contributed by atoms with Gasteiger partial charge >= 0.3 is 0 Å². The van der Waals surface area contributed by atoms with E-state index in [0.717, 1.165) is 11.2 Å². The molecule has 70 valence electrons. The maximum absolute atomic E-state index is 5.65. The van der Waals surface area contributed by atoms with Gasteiger partial charge in [0.2, 0.25) is 0 Å². The Morgan fingerprint density at radius 2 is 2.00 bits per heavy atom. The Labute approximate surface area is 77.4 Å². The summed E-state index contributed by atoms with van der Waals surface area (Å²) < 4.78 is 1.84. The Morgan fingerprint density at radius 3 is 2.62 bits per heavy atom. The van der Waals surface area contributed by atoms with E-state index < -0.39 is 0 Å². The summed E-state index contributed by atoms with van der Waals surface area (Å²) in [6.45, 7) is 4.00. The predicted octanol–water partition coefficient (Wildman–Crippen LogP) is 1.58. The van der Waals surface area contributed by atoms with Crippen molar-refractivity contribution in [3.8, 4) is 0 Å². The zero-order valence-corrected chi connectivity index (χ0v) is 8.15. The number of imidazole rings is 1. The van der Waals surface area contributed by atoms with Crippen molar-refractivity contribution in [2.45, 2.75) is 13.8 Å². The predicted molar refractivity (Wildman–Crippen MR) is 54.3 cm³/mol. The lowest BCUT2D eigenvalue weighted by Crippen LogP contribution is -1.90. The zero-order chi connectivity index (χ0) is 9.84. The van der Waals surface area contributed by atoms with Crippen LogP contribution < -0.4 is 5.73 Å². The van der Waals surface area contributed by atoms with Crippen LogP contribution in [0.3, 0.4) is 0 Å². The van der Waals surface area contributed by atoms with Crippen molar-refractivity contribution in [3.63, 3.8) is 0 Å². The molecule has 0 amide bonds. The number of hydrogen-bond donors (Lipinski definition) is 1. The standard InChI is InChI=1S/C7H8N4.C2H6/c1-11-4-10-6-5(8)2-3-9-7(6)11;1-2/h2-4H,1H3,(H2,8,9);1-2H3. The van der Waals surface area contributed by atoms with Gasteiger partial charge in [0.1, 0.15) is 5.52 Å². The summed E-state index contributed by atoms with van der Waals surface area (Å²) in [7, 11) is 1.89. The van der Waals surface area contributed by atoms with Crippen LogP contribution in [0.15, 0.2) is 18.6 Å². The smallest absolute Gasteiger partial charge is 0.161 e. The van der Waals surface area contributed by atoms with E-state index in [0.29, 0.717) is 5.69 Å². The fraction of sp³-hybridized carbons (Fsp3) is 0.333. The van der Waals surface area contributed by atoms with Gasteiger partial charge in [-0.25, -0.2) is 9.97 Å². The largest absolute Gasteiger partial charge is 0.397 e. The second-order valence-corrected chi connectivity index (χ2v) is 2.43. The van der Waals surface area contributed by atoms with Crippen molar-refractivity contribution in [2.24, 2.45) is 7.05 Å². The zero-order valence-electron chi connectivity index (χ0n) is 8.15. The maximum Gasteiger partial charge on any atom is 0.161 e. The van der Waals surface area contributed by atoms with E-state index >= 15 is 0 Å². The van der Waals surface area contributed by atoms with Crippen LogP contribution in [0, 0.1) is 0 Å². The second kappa shape index (κ2) is 3.89. The van der Waals surface area contributed by atoms with Gasteiger partial charge in [0, 0.05) is 13.2 Å². The molecule has 0 radical (unpaired) electrons. The minimum absolute atomic E-state index is 0.676. The van der Waals surface area contributed by atoms with Crippen molar-refractivity contribution < 1.29 is 0 Å². The average molecular weight is 178 g/mol. The van der Waals surface area contributed by atoms with Crippen molar-refractivity contribution >= 4 is 16.9 Å². The minimum Gasteiger partial charge on any atom is -0.397 e. The van der Waals surface area contributed by atoms with Crippen molar-refractivity contribution in [1.82, 2.24) is 14.5 Å². The Morgan fingerprint density at radius 1 is 1.31 bits per heavy atom. The monoisotopic (exact) mass is 178 g/mol. The number of fused-ring (bicyclic) bond motifs is 1. The lowest BCUT2D eigenvalue weighted by Gasteiger charge is -1.93. The number of rotatable bonds is 0. The van der Waals surface area contributed by atoms with Gasteiger partial charge in [-0.05, 0) is 6.07 Å². The van der Waals surface area contributed by atoms with Crippen LogP contribution in [-0.4, -0.2) is 14.5 Å². The normalized spacial score (nSPS) is 9.46. The maximum atomic E-state index is 5.65. The molecule has 2 aromatic heterocycles. The molecule has 0 fully saturated rings. The molecule has 0 bridgehead atoms. The van der Waals surface area contributed by atoms with Gasteiger partial charge in [-0.1, -0.05) is 13.8 Å². The van der Waals surface area contributed by atoms with Gasteiger partial charge < -0.3 is 10.3 Å². The fourth-order valence-electron chi connectivity index (χ4n) is 1.05. The van der Waals surface area contributed by atoms with Crippen LogP contribution in [-0.2, 0) is 7.05 Å². The molecule has 4 heteroatoms. The summed E-state index contributed by atoms with van der Waals surface area (Å²) in [5.74, 6) is 0. The Balaban J connectivity index is 0.000000396. The molecule has 13 heavy (non-hydrogen) atoms. The van der Waals surface area contributed by atoms with Crippen LogP contribution in [0.25, 0.3) is 11.2 Å². The molecule has 0 spiro atoms. The summed E-state index contributed by atoms with van der Waals surface area (Å²) in [5.41, 5.74) is 7.93. The summed E-state index contributed by atoms with van der Waals surface area (Å²) in [6, 6.07) is 1.75. The molecule has 2 N–H and O–H groups in total.